The van der Waals surface area contributed by atoms with Gasteiger partial charge < -0.3 is 10.5 Å². The molecule has 2 unspecified atom stereocenters. The van der Waals surface area contributed by atoms with Crippen molar-refractivity contribution in [1.29, 1.82) is 0 Å². The van der Waals surface area contributed by atoms with E-state index in [0.717, 1.165) is 31.6 Å². The first kappa shape index (κ1) is 17.3. The van der Waals surface area contributed by atoms with E-state index in [-0.39, 0.29) is 0 Å². The minimum Gasteiger partial charge on any atom is -0.494 e. The summed E-state index contributed by atoms with van der Waals surface area (Å²) in [5, 5.41) is 0. The van der Waals surface area contributed by atoms with Crippen LogP contribution in [0.4, 0.5) is 0 Å². The number of carbonyl (C=O) groups excluding carboxylic acids is 1. The van der Waals surface area contributed by atoms with E-state index in [9.17, 15) is 4.79 Å². The van der Waals surface area contributed by atoms with Crippen molar-refractivity contribution < 1.29 is 9.53 Å². The molecule has 0 saturated carbocycles. The van der Waals surface area contributed by atoms with Gasteiger partial charge in [0.1, 0.15) is 5.75 Å². The monoisotopic (exact) mass is 314 g/mol. The van der Waals surface area contributed by atoms with Crippen molar-refractivity contribution in [3.05, 3.63) is 54.6 Å². The number of nitrogens with zero attached hydrogens (tertiary/aromatic N) is 1. The van der Waals surface area contributed by atoms with Crippen LogP contribution in [0.25, 0.3) is 0 Å². The average molecular weight is 314 g/mol. The van der Waals surface area contributed by atoms with Crippen LogP contribution in [0.3, 0.4) is 0 Å². The molecule has 0 aromatic heterocycles. The van der Waals surface area contributed by atoms with Crippen molar-refractivity contribution in [1.82, 2.24) is 4.90 Å². The molecule has 1 aromatic carbocycles. The second kappa shape index (κ2) is 8.53. The Hall–Kier alpha value is -2.07. The summed E-state index contributed by atoms with van der Waals surface area (Å²) >= 11 is 0. The maximum Gasteiger partial charge on any atom is 0.248 e. The lowest BCUT2D eigenvalue weighted by molar-refractivity contribution is 0.100. The van der Waals surface area contributed by atoms with E-state index in [0.29, 0.717) is 24.3 Å². The molecule has 1 heterocycles. The molecule has 124 valence electrons. The largest absolute Gasteiger partial charge is 0.494 e. The Balaban J connectivity index is 1.78. The number of ether oxygens (including phenoxy) is 1. The SMILES string of the molecule is C=CCC1CC=CC(C)N1CCCOc1ccc(C(N)=O)cc1. The summed E-state index contributed by atoms with van der Waals surface area (Å²) in [6.07, 6.45) is 9.61. The molecule has 0 radical (unpaired) electrons. The molecule has 1 amide bonds. The van der Waals surface area contributed by atoms with E-state index in [2.05, 4.69) is 30.6 Å². The van der Waals surface area contributed by atoms with Crippen LogP contribution in [0.15, 0.2) is 49.1 Å². The Morgan fingerprint density at radius 2 is 2.17 bits per heavy atom. The van der Waals surface area contributed by atoms with Gasteiger partial charge in [0.25, 0.3) is 0 Å². The van der Waals surface area contributed by atoms with Crippen molar-refractivity contribution >= 4 is 5.91 Å². The van der Waals surface area contributed by atoms with Crippen LogP contribution in [0, 0.1) is 0 Å². The second-order valence-electron chi connectivity index (χ2n) is 5.91. The number of hydrogen-bond donors (Lipinski definition) is 1. The summed E-state index contributed by atoms with van der Waals surface area (Å²) in [6, 6.07) is 7.95. The van der Waals surface area contributed by atoms with Gasteiger partial charge in [0.15, 0.2) is 0 Å². The van der Waals surface area contributed by atoms with Crippen LogP contribution < -0.4 is 10.5 Å². The van der Waals surface area contributed by atoms with Gasteiger partial charge >= 0.3 is 0 Å². The zero-order valence-corrected chi connectivity index (χ0v) is 13.8. The molecular weight excluding hydrogens is 288 g/mol. The molecule has 0 aliphatic carbocycles. The lowest BCUT2D eigenvalue weighted by atomic mass is 10.00. The topological polar surface area (TPSA) is 55.6 Å². The van der Waals surface area contributed by atoms with Gasteiger partial charge in [-0.1, -0.05) is 18.2 Å². The molecule has 2 N–H and O–H groups in total. The molecule has 4 heteroatoms. The highest BCUT2D eigenvalue weighted by atomic mass is 16.5. The highest BCUT2D eigenvalue weighted by Gasteiger charge is 2.22. The minimum absolute atomic E-state index is 0.419. The Kier molecular flexibility index (Phi) is 6.41. The Bertz CT molecular complexity index is 551. The lowest BCUT2D eigenvalue weighted by Gasteiger charge is -2.37. The van der Waals surface area contributed by atoms with Crippen LogP contribution in [-0.4, -0.2) is 36.0 Å². The molecule has 0 spiro atoms. The average Bonchev–Trinajstić information content (AvgIpc) is 2.54. The summed E-state index contributed by atoms with van der Waals surface area (Å²) in [7, 11) is 0. The van der Waals surface area contributed by atoms with Crippen molar-refractivity contribution in [2.75, 3.05) is 13.2 Å². The first-order valence-electron chi connectivity index (χ1n) is 8.17. The molecular formula is C19H26N2O2. The maximum absolute atomic E-state index is 11.0. The van der Waals surface area contributed by atoms with Crippen molar-refractivity contribution in [2.24, 2.45) is 5.73 Å². The molecule has 1 aliphatic rings. The fraction of sp³-hybridized carbons (Fsp3) is 0.421. The summed E-state index contributed by atoms with van der Waals surface area (Å²) in [5.41, 5.74) is 5.72. The number of hydrogen-bond acceptors (Lipinski definition) is 3. The number of primary amides is 1. The van der Waals surface area contributed by atoms with Gasteiger partial charge in [0.2, 0.25) is 5.91 Å². The number of amides is 1. The minimum atomic E-state index is -0.419. The van der Waals surface area contributed by atoms with E-state index in [1.807, 2.05) is 6.08 Å². The van der Waals surface area contributed by atoms with Gasteiger partial charge in [0, 0.05) is 24.2 Å². The van der Waals surface area contributed by atoms with Gasteiger partial charge in [-0.15, -0.1) is 6.58 Å². The van der Waals surface area contributed by atoms with Gasteiger partial charge in [-0.3, -0.25) is 9.69 Å². The van der Waals surface area contributed by atoms with Crippen molar-refractivity contribution in [2.45, 2.75) is 38.3 Å². The molecule has 0 fully saturated rings. The smallest absolute Gasteiger partial charge is 0.248 e. The first-order valence-corrected chi connectivity index (χ1v) is 8.17. The maximum atomic E-state index is 11.0. The molecule has 1 aromatic rings. The van der Waals surface area contributed by atoms with Crippen molar-refractivity contribution in [3.63, 3.8) is 0 Å². The van der Waals surface area contributed by atoms with Gasteiger partial charge in [-0.25, -0.2) is 0 Å². The molecule has 4 nitrogen and oxygen atoms in total. The summed E-state index contributed by atoms with van der Waals surface area (Å²) in [4.78, 5) is 13.5. The number of benzene rings is 1. The predicted octanol–water partition coefficient (Wildman–Crippen LogP) is 3.15. The van der Waals surface area contributed by atoms with E-state index >= 15 is 0 Å². The summed E-state index contributed by atoms with van der Waals surface area (Å²) < 4.78 is 5.75. The molecule has 2 atom stereocenters. The van der Waals surface area contributed by atoms with Gasteiger partial charge in [-0.05, 0) is 50.5 Å². The van der Waals surface area contributed by atoms with Crippen LogP contribution in [0.2, 0.25) is 0 Å². The van der Waals surface area contributed by atoms with Crippen molar-refractivity contribution in [3.8, 4) is 5.75 Å². The molecule has 0 bridgehead atoms. The number of rotatable bonds is 8. The third-order valence-electron chi connectivity index (χ3n) is 4.22. The molecule has 0 saturated heterocycles. The van der Waals surface area contributed by atoms with Crippen LogP contribution in [-0.2, 0) is 0 Å². The fourth-order valence-corrected chi connectivity index (χ4v) is 2.97. The normalized spacial score (nSPS) is 21.1. The summed E-state index contributed by atoms with van der Waals surface area (Å²) in [6.45, 7) is 7.75. The molecule has 23 heavy (non-hydrogen) atoms. The predicted molar refractivity (Wildman–Crippen MR) is 93.6 cm³/mol. The Morgan fingerprint density at radius 3 is 2.83 bits per heavy atom. The summed E-state index contributed by atoms with van der Waals surface area (Å²) in [5.74, 6) is 0.348. The zero-order chi connectivity index (χ0) is 16.7. The fourth-order valence-electron chi connectivity index (χ4n) is 2.97. The Morgan fingerprint density at radius 1 is 1.43 bits per heavy atom. The standard InChI is InChI=1S/C19H26N2O2/c1-3-6-17-8-4-7-15(2)21(17)13-5-14-23-18-11-9-16(10-12-18)19(20)22/h3-4,7,9-12,15,17H,1,5-6,8,13-14H2,2H3,(H2,20,22). The van der Waals surface area contributed by atoms with E-state index in [1.54, 1.807) is 24.3 Å². The number of nitrogens with two attached hydrogens (primary N) is 1. The molecule has 1 aliphatic heterocycles. The van der Waals surface area contributed by atoms with Crippen LogP contribution in [0.5, 0.6) is 5.75 Å². The third-order valence-corrected chi connectivity index (χ3v) is 4.22. The van der Waals surface area contributed by atoms with E-state index in [1.165, 1.54) is 0 Å². The molecule has 2 rings (SSSR count). The Labute approximate surface area is 138 Å². The highest BCUT2D eigenvalue weighted by Crippen LogP contribution is 2.20. The lowest BCUT2D eigenvalue weighted by Crippen LogP contribution is -2.43. The quantitative estimate of drug-likeness (QED) is 0.592. The second-order valence-corrected chi connectivity index (χ2v) is 5.91. The van der Waals surface area contributed by atoms with E-state index < -0.39 is 5.91 Å². The third kappa shape index (κ3) is 4.96. The zero-order valence-electron chi connectivity index (χ0n) is 13.8. The van der Waals surface area contributed by atoms with Crippen LogP contribution >= 0.6 is 0 Å². The van der Waals surface area contributed by atoms with Crippen LogP contribution in [0.1, 0.15) is 36.5 Å². The van der Waals surface area contributed by atoms with E-state index in [4.69, 9.17) is 10.5 Å². The first-order chi connectivity index (χ1) is 11.1. The van der Waals surface area contributed by atoms with Gasteiger partial charge in [-0.2, -0.15) is 0 Å². The van der Waals surface area contributed by atoms with Gasteiger partial charge in [0.05, 0.1) is 6.61 Å². The highest BCUT2D eigenvalue weighted by molar-refractivity contribution is 5.92. The number of carbonyl (C=O) groups is 1.